The number of carbonyl (C=O) groups excluding carboxylic acids is 2. The standard InChI is InChI=1S/C16H13NO2S2/c18-14-13-8-11-4-2-1-3-10(11)7-12(13)9-21-16(19)15-17(14)5-6-20-15/h1-4,7-8,15H,5-6,9H2. The molecule has 2 aromatic carbocycles. The molecule has 4 rings (SSSR count). The fourth-order valence-corrected chi connectivity index (χ4v) is 5.11. The Bertz CT molecular complexity index is 759. The quantitative estimate of drug-likeness (QED) is 0.748. The lowest BCUT2D eigenvalue weighted by atomic mass is 10.0. The summed E-state index contributed by atoms with van der Waals surface area (Å²) in [6.45, 7) is 0.659. The van der Waals surface area contributed by atoms with Gasteiger partial charge in [0.05, 0.1) is 0 Å². The van der Waals surface area contributed by atoms with E-state index in [2.05, 4.69) is 0 Å². The number of nitrogens with zero attached hydrogens (tertiary/aromatic N) is 1. The van der Waals surface area contributed by atoms with Crippen LogP contribution in [0.2, 0.25) is 0 Å². The summed E-state index contributed by atoms with van der Waals surface area (Å²) in [6.07, 6.45) is 0. The molecule has 2 heterocycles. The summed E-state index contributed by atoms with van der Waals surface area (Å²) in [7, 11) is 0. The van der Waals surface area contributed by atoms with Crippen molar-refractivity contribution in [2.75, 3.05) is 12.3 Å². The Morgan fingerprint density at radius 3 is 2.67 bits per heavy atom. The van der Waals surface area contributed by atoms with Gasteiger partial charge < -0.3 is 4.90 Å². The largest absolute Gasteiger partial charge is 0.318 e. The minimum atomic E-state index is -0.304. The first-order chi connectivity index (χ1) is 10.2. The molecule has 1 fully saturated rings. The molecule has 1 amide bonds. The fourth-order valence-electron chi connectivity index (χ4n) is 2.85. The van der Waals surface area contributed by atoms with Crippen LogP contribution in [0.5, 0.6) is 0 Å². The minimum absolute atomic E-state index is 0.000553. The normalized spacial score (nSPS) is 21.9. The molecule has 21 heavy (non-hydrogen) atoms. The third kappa shape index (κ3) is 2.15. The van der Waals surface area contributed by atoms with Gasteiger partial charge in [0.1, 0.15) is 5.37 Å². The summed E-state index contributed by atoms with van der Waals surface area (Å²) in [4.78, 5) is 26.8. The Hall–Kier alpha value is -1.46. The van der Waals surface area contributed by atoms with E-state index in [9.17, 15) is 9.59 Å². The van der Waals surface area contributed by atoms with E-state index in [0.29, 0.717) is 12.3 Å². The molecular weight excluding hydrogens is 302 g/mol. The highest BCUT2D eigenvalue weighted by Crippen LogP contribution is 2.35. The summed E-state index contributed by atoms with van der Waals surface area (Å²) in [5.74, 6) is 1.42. The highest BCUT2D eigenvalue weighted by molar-refractivity contribution is 8.15. The highest BCUT2D eigenvalue weighted by Gasteiger charge is 2.37. The van der Waals surface area contributed by atoms with Crippen LogP contribution in [0.3, 0.4) is 0 Å². The maximum atomic E-state index is 12.8. The van der Waals surface area contributed by atoms with Crippen LogP contribution in [0.25, 0.3) is 10.8 Å². The van der Waals surface area contributed by atoms with Crippen LogP contribution < -0.4 is 0 Å². The summed E-state index contributed by atoms with van der Waals surface area (Å²) in [5, 5.41) is 1.99. The summed E-state index contributed by atoms with van der Waals surface area (Å²) < 4.78 is 0. The summed E-state index contributed by atoms with van der Waals surface area (Å²) >= 11 is 2.90. The van der Waals surface area contributed by atoms with Crippen molar-refractivity contribution < 1.29 is 9.59 Å². The van der Waals surface area contributed by atoms with Gasteiger partial charge in [-0.2, -0.15) is 0 Å². The summed E-state index contributed by atoms with van der Waals surface area (Å²) in [5.41, 5.74) is 1.72. The smallest absolute Gasteiger partial charge is 0.255 e. The molecule has 0 N–H and O–H groups in total. The average Bonchev–Trinajstić information content (AvgIpc) is 2.99. The Labute approximate surface area is 131 Å². The molecule has 3 nitrogen and oxygen atoms in total. The van der Waals surface area contributed by atoms with Crippen LogP contribution in [0, 0.1) is 0 Å². The maximum Gasteiger partial charge on any atom is 0.255 e. The Morgan fingerprint density at radius 1 is 1.10 bits per heavy atom. The molecule has 1 saturated heterocycles. The number of fused-ring (bicyclic) bond motifs is 3. The van der Waals surface area contributed by atoms with Crippen LogP contribution in [0.4, 0.5) is 0 Å². The van der Waals surface area contributed by atoms with E-state index in [1.165, 1.54) is 11.8 Å². The number of rotatable bonds is 0. The first-order valence-corrected chi connectivity index (χ1v) is 8.88. The third-order valence-corrected chi connectivity index (χ3v) is 6.24. The van der Waals surface area contributed by atoms with Crippen molar-refractivity contribution in [2.45, 2.75) is 11.1 Å². The lowest BCUT2D eigenvalue weighted by Gasteiger charge is -2.26. The first kappa shape index (κ1) is 13.2. The topological polar surface area (TPSA) is 37.4 Å². The van der Waals surface area contributed by atoms with Crippen molar-refractivity contribution in [3.63, 3.8) is 0 Å². The highest BCUT2D eigenvalue weighted by atomic mass is 32.2. The molecule has 0 aromatic heterocycles. The Balaban J connectivity index is 1.89. The van der Waals surface area contributed by atoms with E-state index in [1.807, 2.05) is 36.4 Å². The molecule has 2 aliphatic heterocycles. The molecule has 2 aromatic rings. The second-order valence-electron chi connectivity index (χ2n) is 5.19. The summed E-state index contributed by atoms with van der Waals surface area (Å²) in [6, 6.07) is 12.1. The van der Waals surface area contributed by atoms with Gasteiger partial charge in [-0.1, -0.05) is 36.0 Å². The van der Waals surface area contributed by atoms with Crippen LogP contribution in [-0.4, -0.2) is 33.6 Å². The Kier molecular flexibility index (Phi) is 3.19. The van der Waals surface area contributed by atoms with Gasteiger partial charge in [-0.05, 0) is 28.5 Å². The molecule has 0 radical (unpaired) electrons. The van der Waals surface area contributed by atoms with Gasteiger partial charge in [-0.25, -0.2) is 0 Å². The van der Waals surface area contributed by atoms with Gasteiger partial charge in [0.15, 0.2) is 0 Å². The van der Waals surface area contributed by atoms with Crippen molar-refractivity contribution in [1.29, 1.82) is 0 Å². The number of hydrogen-bond acceptors (Lipinski definition) is 4. The predicted molar refractivity (Wildman–Crippen MR) is 87.5 cm³/mol. The zero-order valence-electron chi connectivity index (χ0n) is 11.2. The number of benzene rings is 2. The van der Waals surface area contributed by atoms with Crippen LogP contribution >= 0.6 is 23.5 Å². The van der Waals surface area contributed by atoms with Crippen molar-refractivity contribution in [3.8, 4) is 0 Å². The van der Waals surface area contributed by atoms with Gasteiger partial charge >= 0.3 is 0 Å². The molecule has 0 spiro atoms. The fraction of sp³-hybridized carbons (Fsp3) is 0.250. The second kappa shape index (κ2) is 5.07. The molecule has 0 saturated carbocycles. The third-order valence-electron chi connectivity index (χ3n) is 3.93. The number of hydrogen-bond donors (Lipinski definition) is 0. The van der Waals surface area contributed by atoms with Crippen LogP contribution in [-0.2, 0) is 10.5 Å². The van der Waals surface area contributed by atoms with Gasteiger partial charge in [0.25, 0.3) is 5.91 Å². The lowest BCUT2D eigenvalue weighted by molar-refractivity contribution is -0.112. The molecule has 106 valence electrons. The van der Waals surface area contributed by atoms with Crippen LogP contribution in [0.1, 0.15) is 15.9 Å². The molecule has 2 aliphatic rings. The average molecular weight is 315 g/mol. The number of amides is 1. The predicted octanol–water partition coefficient (Wildman–Crippen LogP) is 3.13. The molecule has 0 bridgehead atoms. The van der Waals surface area contributed by atoms with E-state index < -0.39 is 0 Å². The van der Waals surface area contributed by atoms with E-state index in [0.717, 1.165) is 27.7 Å². The van der Waals surface area contributed by atoms with Crippen molar-refractivity contribution >= 4 is 45.3 Å². The van der Waals surface area contributed by atoms with Gasteiger partial charge in [0, 0.05) is 23.6 Å². The Morgan fingerprint density at radius 2 is 1.86 bits per heavy atom. The van der Waals surface area contributed by atoms with E-state index >= 15 is 0 Å². The van der Waals surface area contributed by atoms with E-state index in [-0.39, 0.29) is 16.4 Å². The van der Waals surface area contributed by atoms with Gasteiger partial charge in [-0.3, -0.25) is 9.59 Å². The monoisotopic (exact) mass is 315 g/mol. The van der Waals surface area contributed by atoms with Crippen molar-refractivity contribution in [2.24, 2.45) is 0 Å². The number of thioether (sulfide) groups is 2. The molecular formula is C16H13NO2S2. The zero-order valence-corrected chi connectivity index (χ0v) is 12.9. The minimum Gasteiger partial charge on any atom is -0.318 e. The van der Waals surface area contributed by atoms with Gasteiger partial charge in [-0.15, -0.1) is 11.8 Å². The maximum absolute atomic E-state index is 12.8. The van der Waals surface area contributed by atoms with E-state index in [4.69, 9.17) is 0 Å². The van der Waals surface area contributed by atoms with Crippen LogP contribution in [0.15, 0.2) is 36.4 Å². The van der Waals surface area contributed by atoms with E-state index in [1.54, 1.807) is 16.7 Å². The second-order valence-corrected chi connectivity index (χ2v) is 7.35. The SMILES string of the molecule is O=C1SCc2cc3ccccc3cc2C(=O)N2CCSC12. The zero-order chi connectivity index (χ0) is 14.4. The first-order valence-electron chi connectivity index (χ1n) is 6.85. The molecule has 1 atom stereocenters. The molecule has 0 aliphatic carbocycles. The number of carbonyl (C=O) groups is 2. The van der Waals surface area contributed by atoms with Gasteiger partial charge in [0.2, 0.25) is 5.12 Å². The molecule has 5 heteroatoms. The van der Waals surface area contributed by atoms with Crippen molar-refractivity contribution in [1.82, 2.24) is 4.90 Å². The molecule has 1 unspecified atom stereocenters. The lowest BCUT2D eigenvalue weighted by Crippen LogP contribution is -2.40. The van der Waals surface area contributed by atoms with Crippen molar-refractivity contribution in [3.05, 3.63) is 47.5 Å².